The number of hydrogen-bond donors (Lipinski definition) is 1. The number of hydrogen-bond acceptors (Lipinski definition) is 4. The molecule has 6 nitrogen and oxygen atoms in total. The number of fused-ring (bicyclic) bond motifs is 1. The molecule has 6 heteroatoms. The third-order valence-corrected chi connectivity index (χ3v) is 5.73. The van der Waals surface area contributed by atoms with Crippen molar-refractivity contribution < 1.29 is 9.53 Å². The predicted octanol–water partition coefficient (Wildman–Crippen LogP) is 5.07. The largest absolute Gasteiger partial charge is 0.487 e. The van der Waals surface area contributed by atoms with Crippen LogP contribution in [0, 0.1) is 6.92 Å². The minimum Gasteiger partial charge on any atom is -0.487 e. The first kappa shape index (κ1) is 20.1. The van der Waals surface area contributed by atoms with E-state index in [2.05, 4.69) is 28.2 Å². The summed E-state index contributed by atoms with van der Waals surface area (Å²) in [5.74, 6) is 0.490. The molecule has 0 aliphatic carbocycles. The van der Waals surface area contributed by atoms with Crippen LogP contribution in [-0.2, 0) is 6.61 Å². The van der Waals surface area contributed by atoms with E-state index in [-0.39, 0.29) is 5.91 Å². The van der Waals surface area contributed by atoms with E-state index in [0.717, 1.165) is 35.8 Å². The lowest BCUT2D eigenvalue weighted by molar-refractivity contribution is 0.102. The predicted molar refractivity (Wildman–Crippen MR) is 127 cm³/mol. The first-order valence-electron chi connectivity index (χ1n) is 11.0. The van der Waals surface area contributed by atoms with E-state index in [9.17, 15) is 4.79 Å². The number of ether oxygens (including phenoxy) is 1. The quantitative estimate of drug-likeness (QED) is 0.467. The van der Waals surface area contributed by atoms with Crippen LogP contribution in [-0.4, -0.2) is 28.4 Å². The second-order valence-corrected chi connectivity index (χ2v) is 8.19. The molecule has 1 N–H and O–H groups in total. The second kappa shape index (κ2) is 8.75. The fraction of sp³-hybridized carbons (Fsp3) is 0.231. The summed E-state index contributed by atoms with van der Waals surface area (Å²) in [6.07, 6.45) is 6.38. The Morgan fingerprint density at radius 3 is 2.75 bits per heavy atom. The van der Waals surface area contributed by atoms with Gasteiger partial charge in [-0.25, -0.2) is 4.98 Å². The van der Waals surface area contributed by atoms with Crippen molar-refractivity contribution in [1.82, 2.24) is 9.38 Å². The molecule has 1 saturated heterocycles. The van der Waals surface area contributed by atoms with Crippen molar-refractivity contribution in [3.8, 4) is 5.75 Å². The van der Waals surface area contributed by atoms with Gasteiger partial charge in [-0.2, -0.15) is 0 Å². The number of nitrogens with one attached hydrogen (secondary N) is 1. The van der Waals surface area contributed by atoms with Crippen LogP contribution in [0.1, 0.15) is 34.5 Å². The van der Waals surface area contributed by atoms with E-state index in [1.807, 2.05) is 59.3 Å². The Labute approximate surface area is 187 Å². The van der Waals surface area contributed by atoms with Crippen molar-refractivity contribution in [2.75, 3.05) is 23.3 Å². The van der Waals surface area contributed by atoms with E-state index in [0.29, 0.717) is 17.9 Å². The van der Waals surface area contributed by atoms with E-state index in [4.69, 9.17) is 4.74 Å². The van der Waals surface area contributed by atoms with Crippen LogP contribution >= 0.6 is 0 Å². The van der Waals surface area contributed by atoms with Gasteiger partial charge >= 0.3 is 0 Å². The molecule has 2 aromatic heterocycles. The Morgan fingerprint density at radius 2 is 1.88 bits per heavy atom. The fourth-order valence-electron chi connectivity index (χ4n) is 4.12. The molecule has 0 bridgehead atoms. The highest BCUT2D eigenvalue weighted by Crippen LogP contribution is 2.29. The molecular weight excluding hydrogens is 400 g/mol. The van der Waals surface area contributed by atoms with Crippen LogP contribution in [0.2, 0.25) is 0 Å². The van der Waals surface area contributed by atoms with Gasteiger partial charge in [-0.15, -0.1) is 0 Å². The molecule has 4 aromatic rings. The minimum absolute atomic E-state index is 0.148. The zero-order valence-corrected chi connectivity index (χ0v) is 18.1. The van der Waals surface area contributed by atoms with Gasteiger partial charge < -0.3 is 19.4 Å². The number of pyridine rings is 1. The van der Waals surface area contributed by atoms with Gasteiger partial charge in [0.25, 0.3) is 5.91 Å². The molecule has 0 radical (unpaired) electrons. The van der Waals surface area contributed by atoms with Crippen molar-refractivity contribution >= 4 is 22.9 Å². The Hall–Kier alpha value is -3.80. The van der Waals surface area contributed by atoms with Crippen molar-refractivity contribution in [3.05, 3.63) is 89.9 Å². The molecule has 1 amide bonds. The Morgan fingerprint density at radius 1 is 1.03 bits per heavy atom. The molecule has 0 atom stereocenters. The van der Waals surface area contributed by atoms with E-state index < -0.39 is 0 Å². The Balaban J connectivity index is 1.28. The third-order valence-electron chi connectivity index (χ3n) is 5.73. The number of aryl methyl sites for hydroxylation is 1. The maximum absolute atomic E-state index is 13.0. The summed E-state index contributed by atoms with van der Waals surface area (Å²) >= 11 is 0. The van der Waals surface area contributed by atoms with Crippen LogP contribution in [0.15, 0.2) is 73.1 Å². The summed E-state index contributed by atoms with van der Waals surface area (Å²) in [6, 6.07) is 19.3. The van der Waals surface area contributed by atoms with Crippen LogP contribution in [0.4, 0.5) is 11.4 Å². The number of benzene rings is 2. The molecular formula is C26H26N4O2. The van der Waals surface area contributed by atoms with Crippen LogP contribution in [0.3, 0.4) is 0 Å². The highest BCUT2D eigenvalue weighted by Gasteiger charge is 2.17. The van der Waals surface area contributed by atoms with Crippen molar-refractivity contribution in [2.45, 2.75) is 26.4 Å². The number of aromatic nitrogens is 2. The molecule has 0 saturated carbocycles. The molecule has 2 aromatic carbocycles. The fourth-order valence-corrected chi connectivity index (χ4v) is 4.12. The maximum atomic E-state index is 13.0. The summed E-state index contributed by atoms with van der Waals surface area (Å²) < 4.78 is 7.93. The molecule has 0 spiro atoms. The summed E-state index contributed by atoms with van der Waals surface area (Å²) in [7, 11) is 0. The highest BCUT2D eigenvalue weighted by molar-refractivity contribution is 6.06. The molecule has 3 heterocycles. The SMILES string of the molecule is Cc1ccc2nc(COc3cccc(C(=O)Nc4ccccc4N4CCCC4)c3)cn2c1. The van der Waals surface area contributed by atoms with Crippen molar-refractivity contribution in [2.24, 2.45) is 0 Å². The molecule has 1 aliphatic heterocycles. The zero-order valence-electron chi connectivity index (χ0n) is 18.1. The van der Waals surface area contributed by atoms with Gasteiger partial charge in [0.2, 0.25) is 0 Å². The van der Waals surface area contributed by atoms with Crippen molar-refractivity contribution in [3.63, 3.8) is 0 Å². The summed E-state index contributed by atoms with van der Waals surface area (Å²) in [6.45, 7) is 4.44. The average molecular weight is 427 g/mol. The maximum Gasteiger partial charge on any atom is 0.255 e. The van der Waals surface area contributed by atoms with Gasteiger partial charge in [-0.05, 0) is 61.7 Å². The summed E-state index contributed by atoms with van der Waals surface area (Å²) in [5.41, 5.74) is 5.37. The first-order chi connectivity index (χ1) is 15.7. The van der Waals surface area contributed by atoms with Gasteiger partial charge in [0.05, 0.1) is 17.1 Å². The number of imidazole rings is 1. The van der Waals surface area contributed by atoms with E-state index in [1.54, 1.807) is 12.1 Å². The number of para-hydroxylation sites is 2. The molecule has 162 valence electrons. The Bertz CT molecular complexity index is 1260. The lowest BCUT2D eigenvalue weighted by Crippen LogP contribution is -2.21. The van der Waals surface area contributed by atoms with Crippen LogP contribution in [0.25, 0.3) is 5.65 Å². The van der Waals surface area contributed by atoms with E-state index in [1.165, 1.54) is 18.4 Å². The summed E-state index contributed by atoms with van der Waals surface area (Å²) in [4.78, 5) is 19.9. The Kier molecular flexibility index (Phi) is 5.50. The summed E-state index contributed by atoms with van der Waals surface area (Å²) in [5, 5.41) is 3.08. The lowest BCUT2D eigenvalue weighted by atomic mass is 10.2. The highest BCUT2D eigenvalue weighted by atomic mass is 16.5. The van der Waals surface area contributed by atoms with Gasteiger partial charge in [0, 0.05) is 31.0 Å². The molecule has 1 fully saturated rings. The van der Waals surface area contributed by atoms with Gasteiger partial charge in [0.1, 0.15) is 18.0 Å². The third kappa shape index (κ3) is 4.30. The standard InChI is InChI=1S/C26H26N4O2/c1-19-11-12-25-27-21(17-30(25)16-19)18-32-22-8-6-7-20(15-22)26(31)28-23-9-2-3-10-24(23)29-13-4-5-14-29/h2-3,6-12,15-17H,4-5,13-14,18H2,1H3,(H,28,31). The number of anilines is 2. The van der Waals surface area contributed by atoms with Gasteiger partial charge in [-0.1, -0.05) is 24.3 Å². The minimum atomic E-state index is -0.148. The number of rotatable bonds is 6. The number of carbonyl (C=O) groups is 1. The van der Waals surface area contributed by atoms with Crippen molar-refractivity contribution in [1.29, 1.82) is 0 Å². The lowest BCUT2D eigenvalue weighted by Gasteiger charge is -2.21. The topological polar surface area (TPSA) is 58.9 Å². The number of nitrogens with zero attached hydrogens (tertiary/aromatic N) is 3. The monoisotopic (exact) mass is 426 g/mol. The van der Waals surface area contributed by atoms with Crippen LogP contribution < -0.4 is 15.0 Å². The second-order valence-electron chi connectivity index (χ2n) is 8.19. The molecule has 32 heavy (non-hydrogen) atoms. The molecule has 5 rings (SSSR count). The normalized spacial score (nSPS) is 13.5. The van der Waals surface area contributed by atoms with E-state index >= 15 is 0 Å². The molecule has 0 unspecified atom stereocenters. The number of carbonyl (C=O) groups excluding carboxylic acids is 1. The van der Waals surface area contributed by atoms with Gasteiger partial charge in [-0.3, -0.25) is 4.79 Å². The average Bonchev–Trinajstić information content (AvgIpc) is 3.48. The zero-order chi connectivity index (χ0) is 21.9. The first-order valence-corrected chi connectivity index (χ1v) is 11.0. The smallest absolute Gasteiger partial charge is 0.255 e. The van der Waals surface area contributed by atoms with Crippen LogP contribution in [0.5, 0.6) is 5.75 Å². The molecule has 1 aliphatic rings. The van der Waals surface area contributed by atoms with Gasteiger partial charge in [0.15, 0.2) is 0 Å². The number of amides is 1.